The summed E-state index contributed by atoms with van der Waals surface area (Å²) in [6.45, 7) is 0.344. The van der Waals surface area contributed by atoms with Gasteiger partial charge in [-0.15, -0.1) is 0 Å². The Balaban J connectivity index is 1.93. The van der Waals surface area contributed by atoms with E-state index < -0.39 is 0 Å². The van der Waals surface area contributed by atoms with Crippen LogP contribution in [-0.2, 0) is 11.4 Å². The molecular formula is C14H11BrINO2. The van der Waals surface area contributed by atoms with Crippen LogP contribution in [0, 0.1) is 3.57 Å². The fourth-order valence-corrected chi connectivity index (χ4v) is 2.43. The SMILES string of the molecule is O=C(NOCc1ccccc1)c1cc(Br)ccc1I. The summed E-state index contributed by atoms with van der Waals surface area (Å²) in [5, 5.41) is 0. The Morgan fingerprint density at radius 3 is 2.68 bits per heavy atom. The molecule has 0 aliphatic carbocycles. The second kappa shape index (κ2) is 7.02. The molecule has 19 heavy (non-hydrogen) atoms. The number of hydrogen-bond acceptors (Lipinski definition) is 2. The fraction of sp³-hybridized carbons (Fsp3) is 0.0714. The Bertz CT molecular complexity index is 575. The average Bonchev–Trinajstić information content (AvgIpc) is 2.42. The van der Waals surface area contributed by atoms with Crippen LogP contribution < -0.4 is 5.48 Å². The monoisotopic (exact) mass is 431 g/mol. The molecular weight excluding hydrogens is 421 g/mol. The molecule has 0 aliphatic heterocycles. The molecule has 0 aromatic heterocycles. The lowest BCUT2D eigenvalue weighted by molar-refractivity contribution is 0.0232. The maximum absolute atomic E-state index is 11.9. The van der Waals surface area contributed by atoms with Gasteiger partial charge >= 0.3 is 0 Å². The van der Waals surface area contributed by atoms with Crippen LogP contribution in [0.15, 0.2) is 53.0 Å². The van der Waals surface area contributed by atoms with Crippen LogP contribution in [0.1, 0.15) is 15.9 Å². The van der Waals surface area contributed by atoms with Gasteiger partial charge in [-0.25, -0.2) is 5.48 Å². The third kappa shape index (κ3) is 4.29. The number of carbonyl (C=O) groups excluding carboxylic acids is 1. The van der Waals surface area contributed by atoms with Crippen LogP contribution in [0.2, 0.25) is 0 Å². The molecule has 0 saturated carbocycles. The van der Waals surface area contributed by atoms with Crippen LogP contribution in [0.4, 0.5) is 0 Å². The third-order valence-corrected chi connectivity index (χ3v) is 3.85. The Kier molecular flexibility index (Phi) is 5.35. The van der Waals surface area contributed by atoms with E-state index in [2.05, 4.69) is 44.0 Å². The molecule has 2 aromatic carbocycles. The van der Waals surface area contributed by atoms with Crippen molar-refractivity contribution < 1.29 is 9.63 Å². The molecule has 0 atom stereocenters. The minimum Gasteiger partial charge on any atom is -0.269 e. The van der Waals surface area contributed by atoms with E-state index in [0.29, 0.717) is 12.2 Å². The predicted octanol–water partition coefficient (Wildman–Crippen LogP) is 3.92. The van der Waals surface area contributed by atoms with Crippen molar-refractivity contribution in [2.24, 2.45) is 0 Å². The number of rotatable bonds is 4. The van der Waals surface area contributed by atoms with E-state index in [9.17, 15) is 4.79 Å². The van der Waals surface area contributed by atoms with Gasteiger partial charge in [-0.1, -0.05) is 46.3 Å². The zero-order valence-corrected chi connectivity index (χ0v) is 13.6. The normalized spacial score (nSPS) is 10.2. The van der Waals surface area contributed by atoms with Crippen LogP contribution >= 0.6 is 38.5 Å². The van der Waals surface area contributed by atoms with E-state index in [4.69, 9.17) is 4.84 Å². The molecule has 0 aliphatic rings. The number of amides is 1. The van der Waals surface area contributed by atoms with Crippen LogP contribution in [0.3, 0.4) is 0 Å². The van der Waals surface area contributed by atoms with E-state index in [1.807, 2.05) is 42.5 Å². The first-order chi connectivity index (χ1) is 9.16. The van der Waals surface area contributed by atoms with Crippen molar-refractivity contribution in [1.29, 1.82) is 0 Å². The number of hydrogen-bond donors (Lipinski definition) is 1. The highest BCUT2D eigenvalue weighted by molar-refractivity contribution is 14.1. The molecule has 1 amide bonds. The van der Waals surface area contributed by atoms with Gasteiger partial charge in [0.2, 0.25) is 0 Å². The highest BCUT2D eigenvalue weighted by Crippen LogP contribution is 2.18. The number of halogens is 2. The molecule has 2 aromatic rings. The third-order valence-electron chi connectivity index (χ3n) is 2.42. The summed E-state index contributed by atoms with van der Waals surface area (Å²) < 4.78 is 1.74. The van der Waals surface area contributed by atoms with Crippen LogP contribution in [-0.4, -0.2) is 5.91 Å². The van der Waals surface area contributed by atoms with Crippen molar-refractivity contribution >= 4 is 44.4 Å². The van der Waals surface area contributed by atoms with Crippen molar-refractivity contribution in [3.63, 3.8) is 0 Å². The smallest absolute Gasteiger partial charge is 0.269 e. The Morgan fingerprint density at radius 2 is 1.95 bits per heavy atom. The summed E-state index contributed by atoms with van der Waals surface area (Å²) in [4.78, 5) is 17.2. The highest BCUT2D eigenvalue weighted by atomic mass is 127. The minimum absolute atomic E-state index is 0.248. The molecule has 0 bridgehead atoms. The van der Waals surface area contributed by atoms with E-state index in [1.54, 1.807) is 6.07 Å². The zero-order chi connectivity index (χ0) is 13.7. The van der Waals surface area contributed by atoms with Crippen molar-refractivity contribution in [2.45, 2.75) is 6.61 Å². The Morgan fingerprint density at radius 1 is 1.21 bits per heavy atom. The largest absolute Gasteiger partial charge is 0.275 e. The van der Waals surface area contributed by atoms with Gasteiger partial charge in [-0.3, -0.25) is 9.63 Å². The molecule has 0 radical (unpaired) electrons. The molecule has 2 rings (SSSR count). The predicted molar refractivity (Wildman–Crippen MR) is 85.6 cm³/mol. The van der Waals surface area contributed by atoms with E-state index in [0.717, 1.165) is 13.6 Å². The molecule has 0 fully saturated rings. The topological polar surface area (TPSA) is 38.3 Å². The zero-order valence-electron chi connectivity index (χ0n) is 9.90. The van der Waals surface area contributed by atoms with Gasteiger partial charge < -0.3 is 0 Å². The van der Waals surface area contributed by atoms with E-state index >= 15 is 0 Å². The molecule has 98 valence electrons. The summed E-state index contributed by atoms with van der Waals surface area (Å²) in [6, 6.07) is 15.2. The van der Waals surface area contributed by atoms with Crippen LogP contribution in [0.5, 0.6) is 0 Å². The quantitative estimate of drug-likeness (QED) is 0.588. The average molecular weight is 432 g/mol. The van der Waals surface area contributed by atoms with E-state index in [-0.39, 0.29) is 5.91 Å². The van der Waals surface area contributed by atoms with Gasteiger partial charge in [-0.2, -0.15) is 0 Å². The first-order valence-electron chi connectivity index (χ1n) is 5.58. The lowest BCUT2D eigenvalue weighted by atomic mass is 10.2. The maximum Gasteiger partial charge on any atom is 0.275 e. The number of carbonyl (C=O) groups is 1. The maximum atomic E-state index is 11.9. The summed E-state index contributed by atoms with van der Waals surface area (Å²) in [7, 11) is 0. The molecule has 0 saturated heterocycles. The van der Waals surface area contributed by atoms with Gasteiger partial charge in [0.15, 0.2) is 0 Å². The molecule has 0 heterocycles. The Labute approximate surface area is 133 Å². The first kappa shape index (κ1) is 14.5. The van der Waals surface area contributed by atoms with Gasteiger partial charge in [0.25, 0.3) is 5.91 Å². The standard InChI is InChI=1S/C14H11BrINO2/c15-11-6-7-13(16)12(8-11)14(18)17-19-9-10-4-2-1-3-5-10/h1-8H,9H2,(H,17,18). The number of hydroxylamine groups is 1. The summed E-state index contributed by atoms with van der Waals surface area (Å²) >= 11 is 5.46. The molecule has 5 heteroatoms. The second-order valence-corrected chi connectivity index (χ2v) is 5.91. The van der Waals surface area contributed by atoms with Crippen molar-refractivity contribution in [2.75, 3.05) is 0 Å². The molecule has 0 spiro atoms. The lowest BCUT2D eigenvalue weighted by Crippen LogP contribution is -2.24. The van der Waals surface area contributed by atoms with Gasteiger partial charge in [-0.05, 0) is 46.4 Å². The van der Waals surface area contributed by atoms with Crippen LogP contribution in [0.25, 0.3) is 0 Å². The summed E-state index contributed by atoms with van der Waals surface area (Å²) in [6.07, 6.45) is 0. The van der Waals surface area contributed by atoms with Crippen molar-refractivity contribution in [3.05, 3.63) is 67.7 Å². The van der Waals surface area contributed by atoms with Crippen molar-refractivity contribution in [1.82, 2.24) is 5.48 Å². The van der Waals surface area contributed by atoms with Crippen molar-refractivity contribution in [3.8, 4) is 0 Å². The lowest BCUT2D eigenvalue weighted by Gasteiger charge is -2.07. The molecule has 1 N–H and O–H groups in total. The minimum atomic E-state index is -0.248. The molecule has 3 nitrogen and oxygen atoms in total. The number of benzene rings is 2. The Hall–Kier alpha value is -0.920. The van der Waals surface area contributed by atoms with E-state index in [1.165, 1.54) is 0 Å². The first-order valence-corrected chi connectivity index (χ1v) is 7.45. The van der Waals surface area contributed by atoms with Gasteiger partial charge in [0.05, 0.1) is 12.2 Å². The molecule has 0 unspecified atom stereocenters. The fourth-order valence-electron chi connectivity index (χ4n) is 1.49. The summed E-state index contributed by atoms with van der Waals surface area (Å²) in [5.41, 5.74) is 4.04. The summed E-state index contributed by atoms with van der Waals surface area (Å²) in [5.74, 6) is -0.248. The number of nitrogens with one attached hydrogen (secondary N) is 1. The second-order valence-electron chi connectivity index (χ2n) is 3.83. The van der Waals surface area contributed by atoms with Gasteiger partial charge in [0, 0.05) is 8.04 Å². The van der Waals surface area contributed by atoms with Gasteiger partial charge in [0.1, 0.15) is 0 Å². The highest BCUT2D eigenvalue weighted by Gasteiger charge is 2.10.